The van der Waals surface area contributed by atoms with Crippen LogP contribution in [0, 0.1) is 0 Å². The molecule has 2 aromatic rings. The third-order valence-electron chi connectivity index (χ3n) is 4.66. The molecule has 1 fully saturated rings. The Morgan fingerprint density at radius 3 is 2.73 bits per heavy atom. The molecule has 0 amide bonds. The van der Waals surface area contributed by atoms with Gasteiger partial charge < -0.3 is 14.3 Å². The maximum Gasteiger partial charge on any atom is 0.323 e. The highest BCUT2D eigenvalue weighted by molar-refractivity contribution is 5.78. The van der Waals surface area contributed by atoms with Crippen molar-refractivity contribution in [3.63, 3.8) is 0 Å². The summed E-state index contributed by atoms with van der Waals surface area (Å²) in [5.41, 5.74) is 0.245. The van der Waals surface area contributed by atoms with Crippen LogP contribution in [0.5, 0.6) is 0 Å². The second-order valence-corrected chi connectivity index (χ2v) is 6.03. The van der Waals surface area contributed by atoms with Gasteiger partial charge in [-0.25, -0.2) is 0 Å². The SMILES string of the molecule is COC1(C(C(=O)O)N(C)Cc2cc3ccccc3o2)CCC1. The highest BCUT2D eigenvalue weighted by Gasteiger charge is 2.50. The largest absolute Gasteiger partial charge is 0.480 e. The Bertz CT molecular complexity index is 636. The summed E-state index contributed by atoms with van der Waals surface area (Å²) in [5.74, 6) is -0.0827. The van der Waals surface area contributed by atoms with Gasteiger partial charge in [-0.3, -0.25) is 9.69 Å². The fourth-order valence-corrected chi connectivity index (χ4v) is 3.38. The van der Waals surface area contributed by atoms with Crippen LogP contribution in [0.2, 0.25) is 0 Å². The van der Waals surface area contributed by atoms with Gasteiger partial charge in [0.25, 0.3) is 0 Å². The molecule has 1 unspecified atom stereocenters. The van der Waals surface area contributed by atoms with E-state index in [0.29, 0.717) is 6.54 Å². The molecule has 1 atom stereocenters. The molecule has 1 aromatic heterocycles. The maximum atomic E-state index is 11.7. The molecule has 1 aliphatic carbocycles. The van der Waals surface area contributed by atoms with E-state index in [1.807, 2.05) is 42.3 Å². The van der Waals surface area contributed by atoms with Gasteiger partial charge in [0.2, 0.25) is 0 Å². The lowest BCUT2D eigenvalue weighted by Crippen LogP contribution is -2.60. The van der Waals surface area contributed by atoms with Crippen LogP contribution in [0.15, 0.2) is 34.7 Å². The van der Waals surface area contributed by atoms with Gasteiger partial charge in [0.1, 0.15) is 17.4 Å². The number of hydrogen-bond donors (Lipinski definition) is 1. The van der Waals surface area contributed by atoms with E-state index in [4.69, 9.17) is 9.15 Å². The van der Waals surface area contributed by atoms with Crippen molar-refractivity contribution in [1.82, 2.24) is 4.90 Å². The predicted molar refractivity (Wildman–Crippen MR) is 82.7 cm³/mol. The number of rotatable bonds is 6. The minimum Gasteiger partial charge on any atom is -0.480 e. The van der Waals surface area contributed by atoms with Crippen molar-refractivity contribution in [3.05, 3.63) is 36.1 Å². The maximum absolute atomic E-state index is 11.7. The summed E-state index contributed by atoms with van der Waals surface area (Å²) >= 11 is 0. The Kier molecular flexibility index (Phi) is 3.93. The van der Waals surface area contributed by atoms with Crippen molar-refractivity contribution in [1.29, 1.82) is 0 Å². The van der Waals surface area contributed by atoms with Gasteiger partial charge >= 0.3 is 5.97 Å². The van der Waals surface area contributed by atoms with E-state index >= 15 is 0 Å². The predicted octanol–water partition coefficient (Wildman–Crippen LogP) is 2.89. The van der Waals surface area contributed by atoms with E-state index in [1.54, 1.807) is 7.11 Å². The van der Waals surface area contributed by atoms with Gasteiger partial charge in [0.05, 0.1) is 12.1 Å². The standard InChI is InChI=1S/C17H21NO4/c1-18(15(16(19)20)17(21-2)8-5-9-17)11-13-10-12-6-3-4-7-14(12)22-13/h3-4,6-7,10,15H,5,8-9,11H2,1-2H3,(H,19,20). The Morgan fingerprint density at radius 2 is 2.18 bits per heavy atom. The summed E-state index contributed by atoms with van der Waals surface area (Å²) < 4.78 is 11.4. The zero-order valence-corrected chi connectivity index (χ0v) is 12.9. The molecule has 0 bridgehead atoms. The van der Waals surface area contributed by atoms with Gasteiger partial charge in [0.15, 0.2) is 0 Å². The fourth-order valence-electron chi connectivity index (χ4n) is 3.38. The molecule has 0 aliphatic heterocycles. The van der Waals surface area contributed by atoms with Crippen LogP contribution in [-0.4, -0.2) is 41.8 Å². The second kappa shape index (κ2) is 5.74. The number of benzene rings is 1. The smallest absolute Gasteiger partial charge is 0.323 e. The van der Waals surface area contributed by atoms with E-state index in [2.05, 4.69) is 0 Å². The molecule has 22 heavy (non-hydrogen) atoms. The van der Waals surface area contributed by atoms with E-state index in [9.17, 15) is 9.90 Å². The third-order valence-corrected chi connectivity index (χ3v) is 4.66. The van der Waals surface area contributed by atoms with E-state index in [1.165, 1.54) is 0 Å². The average Bonchev–Trinajstić information content (AvgIpc) is 2.83. The van der Waals surface area contributed by atoms with Gasteiger partial charge in [0, 0.05) is 12.5 Å². The van der Waals surface area contributed by atoms with E-state index in [-0.39, 0.29) is 0 Å². The van der Waals surface area contributed by atoms with Gasteiger partial charge in [-0.1, -0.05) is 18.2 Å². The van der Waals surface area contributed by atoms with Gasteiger partial charge in [-0.15, -0.1) is 0 Å². The number of fused-ring (bicyclic) bond motifs is 1. The van der Waals surface area contributed by atoms with Crippen LogP contribution in [0.4, 0.5) is 0 Å². The first-order valence-electron chi connectivity index (χ1n) is 7.51. The van der Waals surface area contributed by atoms with Crippen molar-refractivity contribution >= 4 is 16.9 Å². The number of nitrogens with zero attached hydrogens (tertiary/aromatic N) is 1. The van der Waals surface area contributed by atoms with Crippen molar-refractivity contribution in [2.24, 2.45) is 0 Å². The van der Waals surface area contributed by atoms with Crippen molar-refractivity contribution in [3.8, 4) is 0 Å². The average molecular weight is 303 g/mol. The lowest BCUT2D eigenvalue weighted by atomic mass is 9.74. The fraction of sp³-hybridized carbons (Fsp3) is 0.471. The molecule has 5 heteroatoms. The van der Waals surface area contributed by atoms with Crippen LogP contribution < -0.4 is 0 Å². The van der Waals surface area contributed by atoms with Gasteiger partial charge in [-0.05, 0) is 38.4 Å². The number of hydrogen-bond acceptors (Lipinski definition) is 4. The Labute approximate surface area is 129 Å². The summed E-state index contributed by atoms with van der Waals surface area (Å²) in [6.45, 7) is 0.441. The molecule has 3 rings (SSSR count). The lowest BCUT2D eigenvalue weighted by molar-refractivity contribution is -0.170. The first kappa shape index (κ1) is 15.1. The number of carbonyl (C=O) groups is 1. The zero-order chi connectivity index (χ0) is 15.7. The second-order valence-electron chi connectivity index (χ2n) is 6.03. The number of ether oxygens (including phenoxy) is 1. The normalized spacial score (nSPS) is 18.3. The summed E-state index contributed by atoms with van der Waals surface area (Å²) in [7, 11) is 3.41. The third kappa shape index (κ3) is 2.51. The number of methoxy groups -OCH3 is 1. The molecule has 1 heterocycles. The lowest BCUT2D eigenvalue weighted by Gasteiger charge is -2.47. The minimum absolute atomic E-state index is 0.441. The van der Waals surface area contributed by atoms with Gasteiger partial charge in [-0.2, -0.15) is 0 Å². The van der Waals surface area contributed by atoms with Crippen molar-refractivity contribution in [2.75, 3.05) is 14.2 Å². The number of furan rings is 1. The summed E-state index contributed by atoms with van der Waals surface area (Å²) in [5, 5.41) is 10.7. The molecule has 5 nitrogen and oxygen atoms in total. The monoisotopic (exact) mass is 303 g/mol. The first-order chi connectivity index (χ1) is 10.6. The zero-order valence-electron chi connectivity index (χ0n) is 12.9. The molecule has 0 spiro atoms. The molecule has 0 saturated heterocycles. The molecule has 1 N–H and O–H groups in total. The summed E-state index contributed by atoms with van der Waals surface area (Å²) in [6.07, 6.45) is 2.58. The van der Waals surface area contributed by atoms with Crippen LogP contribution in [-0.2, 0) is 16.1 Å². The highest BCUT2D eigenvalue weighted by Crippen LogP contribution is 2.40. The highest BCUT2D eigenvalue weighted by atomic mass is 16.5. The van der Waals surface area contributed by atoms with E-state index < -0.39 is 17.6 Å². The number of para-hydroxylation sites is 1. The Hall–Kier alpha value is -1.85. The van der Waals surface area contributed by atoms with Crippen LogP contribution in [0.3, 0.4) is 0 Å². The first-order valence-corrected chi connectivity index (χ1v) is 7.51. The quantitative estimate of drug-likeness (QED) is 0.889. The minimum atomic E-state index is -0.847. The molecular weight excluding hydrogens is 282 g/mol. The van der Waals surface area contributed by atoms with Crippen LogP contribution in [0.25, 0.3) is 11.0 Å². The summed E-state index contributed by atoms with van der Waals surface area (Å²) in [6, 6.07) is 9.08. The Balaban J connectivity index is 1.81. The number of carboxylic acids is 1. The molecule has 1 saturated carbocycles. The molecule has 1 aromatic carbocycles. The molecule has 118 valence electrons. The topological polar surface area (TPSA) is 62.9 Å². The Morgan fingerprint density at radius 1 is 1.45 bits per heavy atom. The number of aliphatic carboxylic acids is 1. The van der Waals surface area contributed by atoms with Crippen molar-refractivity contribution in [2.45, 2.75) is 37.5 Å². The molecule has 0 radical (unpaired) electrons. The molecular formula is C17H21NO4. The van der Waals surface area contributed by atoms with E-state index in [0.717, 1.165) is 36.0 Å². The number of carboxylic acid groups (broad SMARTS) is 1. The number of likely N-dealkylation sites (N-methyl/N-ethyl adjacent to an activating group) is 1. The molecule has 1 aliphatic rings. The van der Waals surface area contributed by atoms with Crippen molar-refractivity contribution < 1.29 is 19.1 Å². The summed E-state index contributed by atoms with van der Waals surface area (Å²) in [4.78, 5) is 13.6. The van der Waals surface area contributed by atoms with Crippen LogP contribution in [0.1, 0.15) is 25.0 Å². The van der Waals surface area contributed by atoms with Crippen LogP contribution >= 0.6 is 0 Å².